The second-order valence-corrected chi connectivity index (χ2v) is 6.16. The minimum atomic E-state index is -0.409. The molecule has 1 aromatic rings. The summed E-state index contributed by atoms with van der Waals surface area (Å²) < 4.78 is 23.3. The fourth-order valence-electron chi connectivity index (χ4n) is 2.81. The molecule has 0 aromatic heterocycles. The van der Waals surface area contributed by atoms with Crippen molar-refractivity contribution in [2.75, 3.05) is 26.8 Å². The highest BCUT2D eigenvalue weighted by Gasteiger charge is 2.26. The Bertz CT molecular complexity index is 555. The van der Waals surface area contributed by atoms with Crippen LogP contribution >= 0.6 is 0 Å². The van der Waals surface area contributed by atoms with E-state index in [1.54, 1.807) is 24.0 Å². The molecule has 0 spiro atoms. The van der Waals surface area contributed by atoms with Gasteiger partial charge in [-0.3, -0.25) is 9.59 Å². The zero-order valence-corrected chi connectivity index (χ0v) is 14.2. The van der Waals surface area contributed by atoms with Crippen molar-refractivity contribution in [3.8, 4) is 0 Å². The van der Waals surface area contributed by atoms with Crippen LogP contribution in [0.3, 0.4) is 0 Å². The Balaban J connectivity index is 2.03. The number of rotatable bonds is 7. The van der Waals surface area contributed by atoms with Crippen LogP contribution in [0.2, 0.25) is 0 Å². The Labute approximate surface area is 141 Å². The first-order chi connectivity index (χ1) is 11.5. The second kappa shape index (κ2) is 8.78. The highest BCUT2D eigenvalue weighted by atomic mass is 19.1. The van der Waals surface area contributed by atoms with Gasteiger partial charge in [0.15, 0.2) is 0 Å². The Morgan fingerprint density at radius 3 is 2.67 bits per heavy atom. The summed E-state index contributed by atoms with van der Waals surface area (Å²) in [6, 6.07) is 5.87. The van der Waals surface area contributed by atoms with Crippen LogP contribution in [-0.4, -0.2) is 49.7 Å². The van der Waals surface area contributed by atoms with Gasteiger partial charge in [0.2, 0.25) is 5.91 Å². The molecule has 1 saturated heterocycles. The number of nitrogens with zero attached hydrogens (tertiary/aromatic N) is 1. The molecule has 2 unspecified atom stereocenters. The van der Waals surface area contributed by atoms with Crippen LogP contribution in [0.15, 0.2) is 24.3 Å². The summed E-state index contributed by atoms with van der Waals surface area (Å²) >= 11 is 0. The van der Waals surface area contributed by atoms with Crippen molar-refractivity contribution in [1.82, 2.24) is 4.90 Å². The maximum atomic E-state index is 13.0. The molecule has 0 saturated carbocycles. The van der Waals surface area contributed by atoms with Crippen LogP contribution in [-0.2, 0) is 25.5 Å². The molecular weight excluding hydrogens is 313 g/mol. The topological polar surface area (TPSA) is 55.8 Å². The van der Waals surface area contributed by atoms with Gasteiger partial charge < -0.3 is 14.4 Å². The summed E-state index contributed by atoms with van der Waals surface area (Å²) in [7, 11) is 1.34. The number of hydrogen-bond acceptors (Lipinski definition) is 4. The van der Waals surface area contributed by atoms with E-state index in [-0.39, 0.29) is 36.8 Å². The molecule has 5 nitrogen and oxygen atoms in total. The number of benzene rings is 1. The summed E-state index contributed by atoms with van der Waals surface area (Å²) in [4.78, 5) is 26.0. The standard InChI is InChI=1S/C18H24FNO4/c1-13(18(22)23-2)11-20(12-16-4-3-9-24-16)17(21)10-14-5-7-15(19)8-6-14/h5-8,13,16H,3-4,9-12H2,1-2H3. The van der Waals surface area contributed by atoms with Crippen molar-refractivity contribution in [3.05, 3.63) is 35.6 Å². The molecule has 1 amide bonds. The molecule has 1 aliphatic heterocycles. The lowest BCUT2D eigenvalue weighted by Gasteiger charge is -2.27. The van der Waals surface area contributed by atoms with Crippen molar-refractivity contribution < 1.29 is 23.5 Å². The third kappa shape index (κ3) is 5.30. The number of carbonyl (C=O) groups is 2. The molecule has 24 heavy (non-hydrogen) atoms. The fraction of sp³-hybridized carbons (Fsp3) is 0.556. The minimum absolute atomic E-state index is 0.00650. The zero-order chi connectivity index (χ0) is 17.5. The molecule has 0 radical (unpaired) electrons. The average Bonchev–Trinajstić information content (AvgIpc) is 3.08. The predicted molar refractivity (Wildman–Crippen MR) is 86.8 cm³/mol. The molecule has 1 fully saturated rings. The van der Waals surface area contributed by atoms with Gasteiger partial charge in [-0.15, -0.1) is 0 Å². The van der Waals surface area contributed by atoms with Crippen molar-refractivity contribution in [3.63, 3.8) is 0 Å². The first-order valence-corrected chi connectivity index (χ1v) is 8.21. The molecular formula is C18H24FNO4. The van der Waals surface area contributed by atoms with Crippen LogP contribution in [0, 0.1) is 11.7 Å². The highest BCUT2D eigenvalue weighted by molar-refractivity contribution is 5.80. The molecule has 1 heterocycles. The van der Waals surface area contributed by atoms with Crippen LogP contribution in [0.4, 0.5) is 4.39 Å². The van der Waals surface area contributed by atoms with Gasteiger partial charge in [0.25, 0.3) is 0 Å². The predicted octanol–water partition coefficient (Wildman–Crippen LogP) is 2.18. The third-order valence-corrected chi connectivity index (χ3v) is 4.17. The highest BCUT2D eigenvalue weighted by Crippen LogP contribution is 2.16. The number of methoxy groups -OCH3 is 1. The quantitative estimate of drug-likeness (QED) is 0.716. The number of halogens is 1. The first kappa shape index (κ1) is 18.4. The van der Waals surface area contributed by atoms with E-state index in [9.17, 15) is 14.0 Å². The third-order valence-electron chi connectivity index (χ3n) is 4.17. The van der Waals surface area contributed by atoms with Gasteiger partial charge >= 0.3 is 5.97 Å². The lowest BCUT2D eigenvalue weighted by atomic mass is 10.1. The van der Waals surface area contributed by atoms with Crippen molar-refractivity contribution >= 4 is 11.9 Å². The van der Waals surface area contributed by atoms with Gasteiger partial charge in [0, 0.05) is 19.7 Å². The largest absolute Gasteiger partial charge is 0.469 e. The van der Waals surface area contributed by atoms with Gasteiger partial charge in [-0.25, -0.2) is 4.39 Å². The fourth-order valence-corrected chi connectivity index (χ4v) is 2.81. The van der Waals surface area contributed by atoms with Gasteiger partial charge in [-0.1, -0.05) is 19.1 Å². The van der Waals surface area contributed by atoms with E-state index in [4.69, 9.17) is 9.47 Å². The summed E-state index contributed by atoms with van der Waals surface area (Å²) in [6.45, 7) is 3.19. The van der Waals surface area contributed by atoms with Gasteiger partial charge in [-0.2, -0.15) is 0 Å². The molecule has 2 atom stereocenters. The van der Waals surface area contributed by atoms with Gasteiger partial charge in [0.1, 0.15) is 5.82 Å². The molecule has 1 aromatic carbocycles. The molecule has 0 bridgehead atoms. The zero-order valence-electron chi connectivity index (χ0n) is 14.2. The molecule has 6 heteroatoms. The Hall–Kier alpha value is -1.95. The SMILES string of the molecule is COC(=O)C(C)CN(CC1CCCO1)C(=O)Cc1ccc(F)cc1. The number of amides is 1. The molecule has 0 aliphatic carbocycles. The monoisotopic (exact) mass is 337 g/mol. The Kier molecular flexibility index (Phi) is 6.73. The van der Waals surface area contributed by atoms with Gasteiger partial charge in [0.05, 0.1) is 25.6 Å². The Morgan fingerprint density at radius 1 is 1.38 bits per heavy atom. The number of carbonyl (C=O) groups excluding carboxylic acids is 2. The van der Waals surface area contributed by atoms with Crippen LogP contribution in [0.1, 0.15) is 25.3 Å². The summed E-state index contributed by atoms with van der Waals surface area (Å²) in [5, 5.41) is 0. The minimum Gasteiger partial charge on any atom is -0.469 e. The molecule has 0 N–H and O–H groups in total. The van der Waals surface area contributed by atoms with Crippen LogP contribution in [0.5, 0.6) is 0 Å². The van der Waals surface area contributed by atoms with Crippen molar-refractivity contribution in [2.45, 2.75) is 32.3 Å². The maximum Gasteiger partial charge on any atom is 0.310 e. The lowest BCUT2D eigenvalue weighted by Crippen LogP contribution is -2.42. The number of ether oxygens (including phenoxy) is 2. The first-order valence-electron chi connectivity index (χ1n) is 8.21. The van der Waals surface area contributed by atoms with E-state index in [1.807, 2.05) is 0 Å². The average molecular weight is 337 g/mol. The number of hydrogen-bond donors (Lipinski definition) is 0. The normalized spacial score (nSPS) is 18.2. The summed E-state index contributed by atoms with van der Waals surface area (Å²) in [5.41, 5.74) is 0.740. The van der Waals surface area contributed by atoms with E-state index < -0.39 is 5.92 Å². The van der Waals surface area contributed by atoms with Crippen LogP contribution in [0.25, 0.3) is 0 Å². The van der Waals surface area contributed by atoms with Crippen molar-refractivity contribution in [1.29, 1.82) is 0 Å². The smallest absolute Gasteiger partial charge is 0.310 e. The summed E-state index contributed by atoms with van der Waals surface area (Å²) in [5.74, 6) is -1.19. The van der Waals surface area contributed by atoms with Crippen molar-refractivity contribution in [2.24, 2.45) is 5.92 Å². The van der Waals surface area contributed by atoms with E-state index in [0.29, 0.717) is 13.2 Å². The van der Waals surface area contributed by atoms with Gasteiger partial charge in [-0.05, 0) is 30.5 Å². The van der Waals surface area contributed by atoms with E-state index in [1.165, 1.54) is 19.2 Å². The van der Waals surface area contributed by atoms with E-state index in [0.717, 1.165) is 18.4 Å². The molecule has 1 aliphatic rings. The van der Waals surface area contributed by atoms with E-state index >= 15 is 0 Å². The van der Waals surface area contributed by atoms with E-state index in [2.05, 4.69) is 0 Å². The number of esters is 1. The lowest BCUT2D eigenvalue weighted by molar-refractivity contribution is -0.146. The molecule has 2 rings (SSSR count). The second-order valence-electron chi connectivity index (χ2n) is 6.16. The van der Waals surface area contributed by atoms with Crippen LogP contribution < -0.4 is 0 Å². The Morgan fingerprint density at radius 2 is 2.08 bits per heavy atom. The summed E-state index contributed by atoms with van der Waals surface area (Å²) in [6.07, 6.45) is 2.07. The maximum absolute atomic E-state index is 13.0. The molecule has 132 valence electrons.